The Labute approximate surface area is 105 Å². The lowest BCUT2D eigenvalue weighted by Crippen LogP contribution is -2.20. The van der Waals surface area contributed by atoms with Gasteiger partial charge in [-0.3, -0.25) is 0 Å². The molecule has 1 aromatic carbocycles. The number of alkyl halides is 2. The normalized spacial score (nSPS) is 13.6. The SMILES string of the molecule is COC(C)CNc1ccccc1S(=O)(=O)C(F)F. The Hall–Kier alpha value is -1.21. The van der Waals surface area contributed by atoms with Gasteiger partial charge in [0, 0.05) is 13.7 Å². The first-order valence-electron chi connectivity index (χ1n) is 5.27. The van der Waals surface area contributed by atoms with Crippen molar-refractivity contribution < 1.29 is 21.9 Å². The standard InChI is InChI=1S/C11H15F2NO3S/c1-8(17-2)7-14-9-5-3-4-6-10(9)18(15,16)11(12)13/h3-6,8,11,14H,7H2,1-2H3. The predicted octanol–water partition coefficient (Wildman–Crippen LogP) is 2.13. The number of ether oxygens (including phenoxy) is 1. The number of halogens is 2. The molecule has 0 heterocycles. The third kappa shape index (κ3) is 3.39. The van der Waals surface area contributed by atoms with Crippen LogP contribution < -0.4 is 5.32 Å². The van der Waals surface area contributed by atoms with Crippen LogP contribution in [0.25, 0.3) is 0 Å². The van der Waals surface area contributed by atoms with Crippen LogP contribution in [0, 0.1) is 0 Å². The highest BCUT2D eigenvalue weighted by Crippen LogP contribution is 2.25. The average molecular weight is 279 g/mol. The Morgan fingerprint density at radius 2 is 1.94 bits per heavy atom. The summed E-state index contributed by atoms with van der Waals surface area (Å²) < 4.78 is 52.9. The van der Waals surface area contributed by atoms with Gasteiger partial charge >= 0.3 is 5.76 Å². The van der Waals surface area contributed by atoms with Crippen LogP contribution in [0.5, 0.6) is 0 Å². The summed E-state index contributed by atoms with van der Waals surface area (Å²) in [7, 11) is -3.09. The highest BCUT2D eigenvalue weighted by atomic mass is 32.2. The molecule has 0 bridgehead atoms. The summed E-state index contributed by atoms with van der Waals surface area (Å²) in [6.07, 6.45) is -0.160. The van der Waals surface area contributed by atoms with Gasteiger partial charge in [0.15, 0.2) is 0 Å². The molecule has 0 aliphatic carbocycles. The number of sulfone groups is 1. The molecular weight excluding hydrogens is 264 g/mol. The second kappa shape index (κ2) is 6.10. The van der Waals surface area contributed by atoms with Gasteiger partial charge in [-0.2, -0.15) is 8.78 Å². The molecule has 1 N–H and O–H groups in total. The molecular formula is C11H15F2NO3S. The van der Waals surface area contributed by atoms with Gasteiger partial charge in [-0.25, -0.2) is 8.42 Å². The van der Waals surface area contributed by atoms with Crippen LogP contribution in [0.3, 0.4) is 0 Å². The Morgan fingerprint density at radius 3 is 2.50 bits per heavy atom. The molecule has 1 aromatic rings. The highest BCUT2D eigenvalue weighted by Gasteiger charge is 2.28. The van der Waals surface area contributed by atoms with Crippen LogP contribution in [0.2, 0.25) is 0 Å². The minimum Gasteiger partial charge on any atom is -0.381 e. The van der Waals surface area contributed by atoms with Gasteiger partial charge in [-0.05, 0) is 19.1 Å². The molecule has 0 aliphatic rings. The molecule has 0 aliphatic heterocycles. The monoisotopic (exact) mass is 279 g/mol. The molecule has 1 rings (SSSR count). The van der Waals surface area contributed by atoms with E-state index in [9.17, 15) is 17.2 Å². The molecule has 7 heteroatoms. The molecule has 1 unspecified atom stereocenters. The Balaban J connectivity index is 3.01. The number of para-hydroxylation sites is 1. The lowest BCUT2D eigenvalue weighted by Gasteiger charge is -2.15. The van der Waals surface area contributed by atoms with Crippen LogP contribution in [0.15, 0.2) is 29.2 Å². The third-order valence-corrected chi connectivity index (χ3v) is 3.85. The van der Waals surface area contributed by atoms with E-state index in [0.717, 1.165) is 6.07 Å². The fourth-order valence-electron chi connectivity index (χ4n) is 1.29. The van der Waals surface area contributed by atoms with Gasteiger partial charge in [0.05, 0.1) is 16.7 Å². The Bertz CT molecular complexity index is 491. The zero-order valence-electron chi connectivity index (χ0n) is 10.1. The molecule has 0 radical (unpaired) electrons. The first kappa shape index (κ1) is 14.8. The van der Waals surface area contributed by atoms with Gasteiger partial charge < -0.3 is 10.1 Å². The van der Waals surface area contributed by atoms with Crippen molar-refractivity contribution in [2.45, 2.75) is 23.7 Å². The zero-order valence-corrected chi connectivity index (χ0v) is 10.9. The number of anilines is 1. The summed E-state index contributed by atoms with van der Waals surface area (Å²) >= 11 is 0. The first-order chi connectivity index (χ1) is 8.39. The Kier molecular flexibility index (Phi) is 5.03. The predicted molar refractivity (Wildman–Crippen MR) is 64.6 cm³/mol. The number of hydrogen-bond acceptors (Lipinski definition) is 4. The van der Waals surface area contributed by atoms with Crippen LogP contribution in [0.1, 0.15) is 6.92 Å². The average Bonchev–Trinajstić information content (AvgIpc) is 2.35. The van der Waals surface area contributed by atoms with E-state index in [2.05, 4.69) is 5.32 Å². The second-order valence-electron chi connectivity index (χ2n) is 3.73. The smallest absolute Gasteiger partial charge is 0.341 e. The molecule has 18 heavy (non-hydrogen) atoms. The molecule has 0 amide bonds. The van der Waals surface area contributed by atoms with E-state index < -0.39 is 20.5 Å². The molecule has 1 atom stereocenters. The van der Waals surface area contributed by atoms with Gasteiger partial charge in [-0.15, -0.1) is 0 Å². The van der Waals surface area contributed by atoms with Crippen molar-refractivity contribution in [2.24, 2.45) is 0 Å². The number of hydrogen-bond donors (Lipinski definition) is 1. The quantitative estimate of drug-likeness (QED) is 0.866. The second-order valence-corrected chi connectivity index (χ2v) is 5.62. The maximum Gasteiger partial charge on any atom is 0.341 e. The minimum atomic E-state index is -4.60. The topological polar surface area (TPSA) is 55.4 Å². The van der Waals surface area contributed by atoms with E-state index in [-0.39, 0.29) is 11.8 Å². The first-order valence-corrected chi connectivity index (χ1v) is 6.82. The van der Waals surface area contributed by atoms with E-state index >= 15 is 0 Å². The summed E-state index contributed by atoms with van der Waals surface area (Å²) in [6.45, 7) is 2.10. The summed E-state index contributed by atoms with van der Waals surface area (Å²) in [4.78, 5) is -0.400. The van der Waals surface area contributed by atoms with Gasteiger partial charge in [0.2, 0.25) is 9.84 Å². The molecule has 0 spiro atoms. The van der Waals surface area contributed by atoms with Gasteiger partial charge in [0.1, 0.15) is 0 Å². The summed E-state index contributed by atoms with van der Waals surface area (Å²) in [5.74, 6) is -3.43. The van der Waals surface area contributed by atoms with Crippen molar-refractivity contribution in [3.8, 4) is 0 Å². The fraction of sp³-hybridized carbons (Fsp3) is 0.455. The number of methoxy groups -OCH3 is 1. The van der Waals surface area contributed by atoms with Gasteiger partial charge in [0.25, 0.3) is 0 Å². The number of benzene rings is 1. The van der Waals surface area contributed by atoms with Crippen molar-refractivity contribution in [2.75, 3.05) is 19.0 Å². The van der Waals surface area contributed by atoms with E-state index in [1.54, 1.807) is 13.0 Å². The lowest BCUT2D eigenvalue weighted by atomic mass is 10.3. The fourth-order valence-corrected chi connectivity index (χ4v) is 2.20. The van der Waals surface area contributed by atoms with Crippen LogP contribution >= 0.6 is 0 Å². The van der Waals surface area contributed by atoms with Crippen LogP contribution in [-0.2, 0) is 14.6 Å². The van der Waals surface area contributed by atoms with E-state index in [1.165, 1.54) is 19.2 Å². The third-order valence-electron chi connectivity index (χ3n) is 2.41. The molecule has 4 nitrogen and oxygen atoms in total. The van der Waals surface area contributed by atoms with Crippen molar-refractivity contribution in [1.82, 2.24) is 0 Å². The number of rotatable bonds is 6. The summed E-state index contributed by atoms with van der Waals surface area (Å²) in [6, 6.07) is 5.57. The molecule has 0 saturated carbocycles. The Morgan fingerprint density at radius 1 is 1.33 bits per heavy atom. The zero-order chi connectivity index (χ0) is 13.8. The lowest BCUT2D eigenvalue weighted by molar-refractivity contribution is 0.128. The molecule has 0 aromatic heterocycles. The molecule has 102 valence electrons. The van der Waals surface area contributed by atoms with Crippen LogP contribution in [0.4, 0.5) is 14.5 Å². The van der Waals surface area contributed by atoms with Crippen molar-refractivity contribution in [3.05, 3.63) is 24.3 Å². The maximum absolute atomic E-state index is 12.5. The van der Waals surface area contributed by atoms with Crippen LogP contribution in [-0.4, -0.2) is 33.9 Å². The minimum absolute atomic E-state index is 0.154. The highest BCUT2D eigenvalue weighted by molar-refractivity contribution is 7.91. The van der Waals surface area contributed by atoms with Crippen molar-refractivity contribution in [3.63, 3.8) is 0 Å². The molecule has 0 fully saturated rings. The van der Waals surface area contributed by atoms with E-state index in [0.29, 0.717) is 6.54 Å². The number of nitrogens with one attached hydrogen (secondary N) is 1. The maximum atomic E-state index is 12.5. The largest absolute Gasteiger partial charge is 0.381 e. The van der Waals surface area contributed by atoms with Gasteiger partial charge in [-0.1, -0.05) is 12.1 Å². The summed E-state index contributed by atoms with van der Waals surface area (Å²) in [5, 5.41) is 2.79. The van der Waals surface area contributed by atoms with E-state index in [4.69, 9.17) is 4.74 Å². The summed E-state index contributed by atoms with van der Waals surface area (Å²) in [5.41, 5.74) is 0.154. The molecule has 0 saturated heterocycles. The van der Waals surface area contributed by atoms with E-state index in [1.807, 2.05) is 0 Å². The van der Waals surface area contributed by atoms with Crippen molar-refractivity contribution in [1.29, 1.82) is 0 Å². The van der Waals surface area contributed by atoms with Crippen molar-refractivity contribution >= 4 is 15.5 Å².